The van der Waals surface area contributed by atoms with Gasteiger partial charge in [-0.25, -0.2) is 4.39 Å². The minimum absolute atomic E-state index is 0.0127. The van der Waals surface area contributed by atoms with E-state index >= 15 is 0 Å². The van der Waals surface area contributed by atoms with Crippen molar-refractivity contribution in [3.8, 4) is 0 Å². The Morgan fingerprint density at radius 1 is 1.19 bits per heavy atom. The zero-order valence-corrected chi connectivity index (χ0v) is 13.2. The van der Waals surface area contributed by atoms with Crippen LogP contribution in [-0.4, -0.2) is 13.1 Å². The second-order valence-electron chi connectivity index (χ2n) is 7.12. The molecule has 1 aromatic carbocycles. The topological polar surface area (TPSA) is 12.0 Å². The summed E-state index contributed by atoms with van der Waals surface area (Å²) in [6, 6.07) is 7.43. The lowest BCUT2D eigenvalue weighted by molar-refractivity contribution is 0.0753. The van der Waals surface area contributed by atoms with Gasteiger partial charge in [-0.2, -0.15) is 0 Å². The monoisotopic (exact) mass is 289 g/mol. The molecule has 0 amide bonds. The van der Waals surface area contributed by atoms with E-state index in [1.165, 1.54) is 44.9 Å². The van der Waals surface area contributed by atoms with Gasteiger partial charge >= 0.3 is 0 Å². The fourth-order valence-corrected chi connectivity index (χ4v) is 4.72. The number of piperidine rings is 1. The molecule has 1 N–H and O–H groups in total. The molecule has 1 saturated heterocycles. The normalized spacial score (nSPS) is 33.2. The van der Waals surface area contributed by atoms with Crippen molar-refractivity contribution in [2.75, 3.05) is 13.1 Å². The molecule has 0 radical (unpaired) electrons. The summed E-state index contributed by atoms with van der Waals surface area (Å²) in [5.41, 5.74) is 1.29. The summed E-state index contributed by atoms with van der Waals surface area (Å²) in [7, 11) is 0. The molecule has 1 heterocycles. The third-order valence-corrected chi connectivity index (χ3v) is 5.97. The van der Waals surface area contributed by atoms with E-state index in [4.69, 9.17) is 0 Å². The highest BCUT2D eigenvalue weighted by Gasteiger charge is 2.44. The molecule has 1 unspecified atom stereocenters. The van der Waals surface area contributed by atoms with Crippen molar-refractivity contribution in [1.82, 2.24) is 5.32 Å². The standard InChI is InChI=1S/C19H28FN/c1-2-5-15-8-10-19(11-9-15)12-13-21-14-17(19)16-6-3-4-7-18(16)20/h3-4,6-7,15,17,21H,2,5,8-14H2,1H3. The zero-order chi connectivity index (χ0) is 14.7. The van der Waals surface area contributed by atoms with E-state index in [9.17, 15) is 4.39 Å². The molecule has 2 heteroatoms. The van der Waals surface area contributed by atoms with Gasteiger partial charge in [-0.3, -0.25) is 0 Å². The maximum absolute atomic E-state index is 14.3. The van der Waals surface area contributed by atoms with Crippen molar-refractivity contribution in [2.24, 2.45) is 11.3 Å². The Balaban J connectivity index is 1.81. The van der Waals surface area contributed by atoms with Gasteiger partial charge in [0.15, 0.2) is 0 Å². The number of benzene rings is 1. The second-order valence-corrected chi connectivity index (χ2v) is 7.12. The van der Waals surface area contributed by atoms with E-state index < -0.39 is 0 Å². The van der Waals surface area contributed by atoms with Crippen molar-refractivity contribution < 1.29 is 4.39 Å². The van der Waals surface area contributed by atoms with Crippen LogP contribution in [0.25, 0.3) is 0 Å². The smallest absolute Gasteiger partial charge is 0.126 e. The zero-order valence-electron chi connectivity index (χ0n) is 13.2. The van der Waals surface area contributed by atoms with E-state index in [0.29, 0.717) is 11.3 Å². The van der Waals surface area contributed by atoms with Crippen LogP contribution < -0.4 is 5.32 Å². The Kier molecular flexibility index (Phi) is 4.63. The Morgan fingerprint density at radius 2 is 1.95 bits per heavy atom. The molecule has 2 aliphatic rings. The predicted octanol–water partition coefficient (Wildman–Crippen LogP) is 4.88. The van der Waals surface area contributed by atoms with Crippen LogP contribution in [0.4, 0.5) is 4.39 Å². The summed E-state index contributed by atoms with van der Waals surface area (Å²) < 4.78 is 14.3. The van der Waals surface area contributed by atoms with Crippen molar-refractivity contribution in [2.45, 2.75) is 57.8 Å². The van der Waals surface area contributed by atoms with E-state index in [-0.39, 0.29) is 5.82 Å². The first-order valence-corrected chi connectivity index (χ1v) is 8.70. The van der Waals surface area contributed by atoms with Crippen LogP contribution in [-0.2, 0) is 0 Å². The Labute approximate surface area is 128 Å². The molecule has 0 aromatic heterocycles. The maximum atomic E-state index is 14.3. The summed E-state index contributed by atoms with van der Waals surface area (Å²) in [5.74, 6) is 1.26. The average Bonchev–Trinajstić information content (AvgIpc) is 2.51. The van der Waals surface area contributed by atoms with Crippen LogP contribution in [0, 0.1) is 17.2 Å². The quantitative estimate of drug-likeness (QED) is 0.836. The number of halogens is 1. The van der Waals surface area contributed by atoms with Gasteiger partial charge in [0.25, 0.3) is 0 Å². The lowest BCUT2D eigenvalue weighted by Crippen LogP contribution is -2.45. The van der Waals surface area contributed by atoms with Crippen molar-refractivity contribution in [3.63, 3.8) is 0 Å². The molecule has 1 spiro atoms. The van der Waals surface area contributed by atoms with Gasteiger partial charge < -0.3 is 5.32 Å². The molecule has 1 aliphatic heterocycles. The SMILES string of the molecule is CCCC1CCC2(CCNCC2c2ccccc2F)CC1. The lowest BCUT2D eigenvalue weighted by Gasteiger charge is -2.49. The Hall–Kier alpha value is -0.890. The van der Waals surface area contributed by atoms with Crippen LogP contribution in [0.15, 0.2) is 24.3 Å². The molecule has 3 rings (SSSR count). The number of nitrogens with one attached hydrogen (secondary N) is 1. The summed E-state index contributed by atoms with van der Waals surface area (Å²) in [4.78, 5) is 0. The third-order valence-electron chi connectivity index (χ3n) is 5.97. The van der Waals surface area contributed by atoms with Crippen LogP contribution in [0.3, 0.4) is 0 Å². The van der Waals surface area contributed by atoms with Gasteiger partial charge in [-0.1, -0.05) is 38.0 Å². The van der Waals surface area contributed by atoms with E-state index in [2.05, 4.69) is 12.2 Å². The molecule has 2 fully saturated rings. The summed E-state index contributed by atoms with van der Waals surface area (Å²) in [6.07, 6.45) is 9.16. The molecule has 1 atom stereocenters. The number of hydrogen-bond donors (Lipinski definition) is 1. The van der Waals surface area contributed by atoms with Crippen molar-refractivity contribution in [3.05, 3.63) is 35.6 Å². The van der Waals surface area contributed by atoms with Crippen molar-refractivity contribution in [1.29, 1.82) is 0 Å². The van der Waals surface area contributed by atoms with Crippen LogP contribution in [0.2, 0.25) is 0 Å². The van der Waals surface area contributed by atoms with Gasteiger partial charge in [0.1, 0.15) is 5.82 Å². The highest BCUT2D eigenvalue weighted by Crippen LogP contribution is 2.52. The molecule has 0 bridgehead atoms. The molecule has 1 saturated carbocycles. The fraction of sp³-hybridized carbons (Fsp3) is 0.684. The Morgan fingerprint density at radius 3 is 2.67 bits per heavy atom. The van der Waals surface area contributed by atoms with E-state index in [1.807, 2.05) is 12.1 Å². The van der Waals surface area contributed by atoms with Gasteiger partial charge in [-0.05, 0) is 61.6 Å². The van der Waals surface area contributed by atoms with Crippen LogP contribution in [0.5, 0.6) is 0 Å². The Bertz CT molecular complexity index is 462. The molecule has 1 aliphatic carbocycles. The largest absolute Gasteiger partial charge is 0.316 e. The van der Waals surface area contributed by atoms with E-state index in [0.717, 1.165) is 24.6 Å². The van der Waals surface area contributed by atoms with Crippen molar-refractivity contribution >= 4 is 0 Å². The fourth-order valence-electron chi connectivity index (χ4n) is 4.72. The lowest BCUT2D eigenvalue weighted by atomic mass is 9.58. The van der Waals surface area contributed by atoms with Gasteiger partial charge in [0.05, 0.1) is 0 Å². The molecule has 1 aromatic rings. The minimum atomic E-state index is -0.0127. The number of hydrogen-bond acceptors (Lipinski definition) is 1. The van der Waals surface area contributed by atoms with Gasteiger partial charge in [0.2, 0.25) is 0 Å². The maximum Gasteiger partial charge on any atom is 0.126 e. The van der Waals surface area contributed by atoms with Crippen LogP contribution >= 0.6 is 0 Å². The molecule has 1 nitrogen and oxygen atoms in total. The molecule has 21 heavy (non-hydrogen) atoms. The first-order valence-electron chi connectivity index (χ1n) is 8.70. The van der Waals surface area contributed by atoms with Gasteiger partial charge in [-0.15, -0.1) is 0 Å². The second kappa shape index (κ2) is 6.48. The van der Waals surface area contributed by atoms with Gasteiger partial charge in [0, 0.05) is 12.5 Å². The third kappa shape index (κ3) is 3.01. The molecule has 116 valence electrons. The van der Waals surface area contributed by atoms with E-state index in [1.54, 1.807) is 12.1 Å². The predicted molar refractivity (Wildman–Crippen MR) is 85.9 cm³/mol. The first-order chi connectivity index (χ1) is 10.2. The average molecular weight is 289 g/mol. The van der Waals surface area contributed by atoms with Crippen LogP contribution in [0.1, 0.15) is 63.4 Å². The summed E-state index contributed by atoms with van der Waals surface area (Å²) >= 11 is 0. The minimum Gasteiger partial charge on any atom is -0.316 e. The summed E-state index contributed by atoms with van der Waals surface area (Å²) in [5, 5.41) is 3.50. The first kappa shape index (κ1) is 15.0. The molecular weight excluding hydrogens is 261 g/mol. The highest BCUT2D eigenvalue weighted by atomic mass is 19.1. The number of rotatable bonds is 3. The summed E-state index contributed by atoms with van der Waals surface area (Å²) in [6.45, 7) is 4.33. The highest BCUT2D eigenvalue weighted by molar-refractivity contribution is 5.26. The molecular formula is C19H28FN.